The van der Waals surface area contributed by atoms with Crippen LogP contribution in [0.4, 0.5) is 5.82 Å². The number of amides is 1. The fourth-order valence-corrected chi connectivity index (χ4v) is 2.95. The summed E-state index contributed by atoms with van der Waals surface area (Å²) < 4.78 is 9.31. The van der Waals surface area contributed by atoms with Crippen molar-refractivity contribution in [3.05, 3.63) is 29.7 Å². The van der Waals surface area contributed by atoms with Crippen LogP contribution in [-0.4, -0.2) is 32.1 Å². The van der Waals surface area contributed by atoms with Crippen molar-refractivity contribution >= 4 is 11.7 Å². The average molecular weight is 303 g/mol. The molecule has 1 aliphatic heterocycles. The van der Waals surface area contributed by atoms with Crippen molar-refractivity contribution in [2.24, 2.45) is 20.0 Å². The van der Waals surface area contributed by atoms with Crippen molar-refractivity contribution in [1.29, 1.82) is 0 Å². The Balaban J connectivity index is 1.80. The predicted octanol–water partition coefficient (Wildman–Crippen LogP) is 1.57. The Morgan fingerprint density at radius 1 is 1.41 bits per heavy atom. The van der Waals surface area contributed by atoms with E-state index in [2.05, 4.69) is 15.5 Å². The quantitative estimate of drug-likeness (QED) is 0.934. The molecule has 22 heavy (non-hydrogen) atoms. The molecule has 0 spiro atoms. The summed E-state index contributed by atoms with van der Waals surface area (Å²) in [5.74, 6) is 0.449. The lowest BCUT2D eigenvalue weighted by Gasteiger charge is -2.30. The van der Waals surface area contributed by atoms with Gasteiger partial charge in [-0.05, 0) is 25.8 Å². The summed E-state index contributed by atoms with van der Waals surface area (Å²) in [5, 5.41) is 11.4. The van der Waals surface area contributed by atoms with E-state index in [0.29, 0.717) is 12.4 Å². The van der Waals surface area contributed by atoms with Crippen LogP contribution in [0.3, 0.4) is 0 Å². The summed E-state index contributed by atoms with van der Waals surface area (Å²) in [4.78, 5) is 12.7. The minimum Gasteiger partial charge on any atom is -0.371 e. The number of anilines is 1. The van der Waals surface area contributed by atoms with Crippen molar-refractivity contribution in [1.82, 2.24) is 19.6 Å². The molecule has 7 heteroatoms. The third-order valence-corrected chi connectivity index (χ3v) is 4.06. The molecule has 0 aliphatic carbocycles. The van der Waals surface area contributed by atoms with Gasteiger partial charge in [-0.25, -0.2) is 0 Å². The number of nitrogens with one attached hydrogen (secondary N) is 1. The average Bonchev–Trinajstić information content (AvgIpc) is 3.04. The number of hydrogen-bond donors (Lipinski definition) is 1. The van der Waals surface area contributed by atoms with E-state index in [4.69, 9.17) is 4.74 Å². The third-order valence-electron chi connectivity index (χ3n) is 4.06. The second kappa shape index (κ2) is 5.92. The number of hydrogen-bond acceptors (Lipinski definition) is 4. The van der Waals surface area contributed by atoms with Crippen LogP contribution in [0.5, 0.6) is 0 Å². The molecule has 0 radical (unpaired) electrons. The lowest BCUT2D eigenvalue weighted by Crippen LogP contribution is -2.34. The molecule has 3 rings (SSSR count). The Bertz CT molecular complexity index is 675. The van der Waals surface area contributed by atoms with Crippen LogP contribution in [0.2, 0.25) is 0 Å². The summed E-state index contributed by atoms with van der Waals surface area (Å²) in [6, 6.07) is 3.77. The van der Waals surface area contributed by atoms with Crippen LogP contribution < -0.4 is 5.32 Å². The van der Waals surface area contributed by atoms with Crippen molar-refractivity contribution in [3.8, 4) is 0 Å². The number of aromatic nitrogens is 4. The molecule has 2 atom stereocenters. The van der Waals surface area contributed by atoms with Gasteiger partial charge in [-0.1, -0.05) is 0 Å². The molecule has 1 aliphatic rings. The minimum absolute atomic E-state index is 0.0334. The molecule has 0 saturated carbocycles. The predicted molar refractivity (Wildman–Crippen MR) is 81.2 cm³/mol. The Morgan fingerprint density at radius 2 is 2.23 bits per heavy atom. The largest absolute Gasteiger partial charge is 0.371 e. The first kappa shape index (κ1) is 14.8. The van der Waals surface area contributed by atoms with E-state index in [1.54, 1.807) is 15.6 Å². The molecule has 3 heterocycles. The number of aryl methyl sites for hydroxylation is 3. The zero-order valence-corrected chi connectivity index (χ0v) is 13.1. The zero-order valence-electron chi connectivity index (χ0n) is 13.1. The van der Waals surface area contributed by atoms with Crippen molar-refractivity contribution < 1.29 is 9.53 Å². The van der Waals surface area contributed by atoms with Crippen LogP contribution in [0, 0.1) is 12.8 Å². The first-order valence-corrected chi connectivity index (χ1v) is 7.47. The number of carbonyl (C=O) groups is 1. The van der Waals surface area contributed by atoms with Crippen molar-refractivity contribution in [3.63, 3.8) is 0 Å². The van der Waals surface area contributed by atoms with Gasteiger partial charge in [0.25, 0.3) is 0 Å². The first-order chi connectivity index (χ1) is 10.6. The summed E-state index contributed by atoms with van der Waals surface area (Å²) >= 11 is 0. The molecule has 0 bridgehead atoms. The lowest BCUT2D eigenvalue weighted by atomic mass is 9.91. The zero-order chi connectivity index (χ0) is 15.7. The van der Waals surface area contributed by atoms with Gasteiger partial charge in [-0.3, -0.25) is 14.2 Å². The standard InChI is InChI=1S/C15H21N5O2/c1-10-9-13(20(3)18-10)17-15(21)11-5-4-8-22-14(11)12-6-7-16-19(12)2/h6-7,9,11,14H,4-5,8H2,1-3H3,(H,17,21)/t11-,14-/m1/s1. The van der Waals surface area contributed by atoms with Gasteiger partial charge in [-0.2, -0.15) is 10.2 Å². The normalized spacial score (nSPS) is 21.8. The topological polar surface area (TPSA) is 74.0 Å². The highest BCUT2D eigenvalue weighted by Gasteiger charge is 2.35. The molecule has 1 amide bonds. The number of carbonyl (C=O) groups excluding carboxylic acids is 1. The summed E-state index contributed by atoms with van der Waals surface area (Å²) in [6.45, 7) is 2.57. The third kappa shape index (κ3) is 2.76. The van der Waals surface area contributed by atoms with Gasteiger partial charge in [0.05, 0.1) is 17.3 Å². The van der Waals surface area contributed by atoms with Gasteiger partial charge >= 0.3 is 0 Å². The smallest absolute Gasteiger partial charge is 0.231 e. The fourth-order valence-electron chi connectivity index (χ4n) is 2.95. The van der Waals surface area contributed by atoms with Crippen LogP contribution >= 0.6 is 0 Å². The van der Waals surface area contributed by atoms with Crippen LogP contribution in [0.1, 0.15) is 30.3 Å². The molecular formula is C15H21N5O2. The Labute approximate surface area is 129 Å². The summed E-state index contributed by atoms with van der Waals surface area (Å²) in [6.07, 6.45) is 3.16. The van der Waals surface area contributed by atoms with E-state index in [9.17, 15) is 4.79 Å². The van der Waals surface area contributed by atoms with E-state index in [1.165, 1.54) is 0 Å². The minimum atomic E-state index is -0.254. The SMILES string of the molecule is Cc1cc(NC(=O)[C@@H]2CCCO[C@H]2c2ccnn2C)n(C)n1. The highest BCUT2D eigenvalue weighted by atomic mass is 16.5. The monoisotopic (exact) mass is 303 g/mol. The van der Waals surface area contributed by atoms with Crippen LogP contribution in [-0.2, 0) is 23.6 Å². The number of nitrogens with zero attached hydrogens (tertiary/aromatic N) is 4. The lowest BCUT2D eigenvalue weighted by molar-refractivity contribution is -0.129. The highest BCUT2D eigenvalue weighted by Crippen LogP contribution is 2.34. The maximum atomic E-state index is 12.7. The van der Waals surface area contributed by atoms with E-state index >= 15 is 0 Å². The molecular weight excluding hydrogens is 282 g/mol. The fraction of sp³-hybridized carbons (Fsp3) is 0.533. The van der Waals surface area contributed by atoms with Gasteiger partial charge in [0.1, 0.15) is 11.9 Å². The van der Waals surface area contributed by atoms with Crippen LogP contribution in [0.15, 0.2) is 18.3 Å². The summed E-state index contributed by atoms with van der Waals surface area (Å²) in [7, 11) is 3.69. The van der Waals surface area contributed by atoms with Gasteiger partial charge in [0.2, 0.25) is 5.91 Å². The van der Waals surface area contributed by atoms with E-state index < -0.39 is 0 Å². The maximum absolute atomic E-state index is 12.7. The van der Waals surface area contributed by atoms with E-state index in [-0.39, 0.29) is 17.9 Å². The second-order valence-corrected chi connectivity index (χ2v) is 5.70. The van der Waals surface area contributed by atoms with Crippen molar-refractivity contribution in [2.45, 2.75) is 25.9 Å². The highest BCUT2D eigenvalue weighted by molar-refractivity contribution is 5.92. The molecule has 0 unspecified atom stereocenters. The Morgan fingerprint density at radius 3 is 2.86 bits per heavy atom. The molecule has 0 aromatic carbocycles. The van der Waals surface area contributed by atoms with Gasteiger partial charge < -0.3 is 10.1 Å². The van der Waals surface area contributed by atoms with Crippen LogP contribution in [0.25, 0.3) is 0 Å². The number of ether oxygens (including phenoxy) is 1. The molecule has 1 N–H and O–H groups in total. The van der Waals surface area contributed by atoms with Crippen molar-refractivity contribution in [2.75, 3.05) is 11.9 Å². The van der Waals surface area contributed by atoms with Gasteiger partial charge in [0, 0.05) is 33.0 Å². The second-order valence-electron chi connectivity index (χ2n) is 5.70. The molecule has 2 aromatic rings. The molecule has 7 nitrogen and oxygen atoms in total. The molecule has 118 valence electrons. The molecule has 1 saturated heterocycles. The maximum Gasteiger partial charge on any atom is 0.231 e. The van der Waals surface area contributed by atoms with E-state index in [1.807, 2.05) is 33.2 Å². The number of rotatable bonds is 3. The van der Waals surface area contributed by atoms with E-state index in [0.717, 1.165) is 24.2 Å². The Hall–Kier alpha value is -2.15. The molecule has 1 fully saturated rings. The summed E-state index contributed by atoms with van der Waals surface area (Å²) in [5.41, 5.74) is 1.81. The van der Waals surface area contributed by atoms with Gasteiger partial charge in [0.15, 0.2) is 0 Å². The first-order valence-electron chi connectivity index (χ1n) is 7.47. The van der Waals surface area contributed by atoms with Gasteiger partial charge in [-0.15, -0.1) is 0 Å². The molecule has 2 aromatic heterocycles. The Kier molecular flexibility index (Phi) is 3.98.